The average Bonchev–Trinajstić information content (AvgIpc) is 3.01. The lowest BCUT2D eigenvalue weighted by atomic mass is 9.81. The van der Waals surface area contributed by atoms with E-state index in [1.54, 1.807) is 0 Å². The molecule has 6 aromatic carbocycles. The lowest BCUT2D eigenvalue weighted by molar-refractivity contribution is 1.33. The molecule has 0 radical (unpaired) electrons. The van der Waals surface area contributed by atoms with Crippen LogP contribution in [0.5, 0.6) is 0 Å². The molecule has 0 saturated heterocycles. The smallest absolute Gasteiger partial charge is 0.0273 e. The van der Waals surface area contributed by atoms with Gasteiger partial charge in [-0.3, -0.25) is 4.98 Å². The Morgan fingerprint density at radius 3 is 1.18 bits per heavy atom. The van der Waals surface area contributed by atoms with Crippen molar-refractivity contribution in [1.29, 1.82) is 0 Å². The zero-order chi connectivity index (χ0) is 25.3. The van der Waals surface area contributed by atoms with Gasteiger partial charge in [-0.05, 0) is 78.2 Å². The first kappa shape index (κ1) is 22.2. The van der Waals surface area contributed by atoms with Gasteiger partial charge in [-0.25, -0.2) is 0 Å². The topological polar surface area (TPSA) is 12.9 Å². The van der Waals surface area contributed by atoms with Crippen molar-refractivity contribution in [2.45, 2.75) is 0 Å². The third kappa shape index (κ3) is 3.68. The Morgan fingerprint density at radius 1 is 0.289 bits per heavy atom. The van der Waals surface area contributed by atoms with E-state index < -0.39 is 0 Å². The second-order valence-electron chi connectivity index (χ2n) is 9.54. The number of pyridine rings is 1. The quantitative estimate of drug-likeness (QED) is 0.227. The van der Waals surface area contributed by atoms with Crippen LogP contribution in [0.1, 0.15) is 0 Å². The van der Waals surface area contributed by atoms with Gasteiger partial charge in [-0.15, -0.1) is 0 Å². The van der Waals surface area contributed by atoms with E-state index in [1.807, 2.05) is 12.4 Å². The maximum absolute atomic E-state index is 4.29. The van der Waals surface area contributed by atoms with Gasteiger partial charge in [0.25, 0.3) is 0 Å². The van der Waals surface area contributed by atoms with Crippen LogP contribution in [0.2, 0.25) is 0 Å². The number of hydrogen-bond acceptors (Lipinski definition) is 1. The summed E-state index contributed by atoms with van der Waals surface area (Å²) in [6.45, 7) is 0. The normalized spacial score (nSPS) is 11.2. The van der Waals surface area contributed by atoms with Crippen molar-refractivity contribution < 1.29 is 0 Å². The van der Waals surface area contributed by atoms with Gasteiger partial charge < -0.3 is 0 Å². The lowest BCUT2D eigenvalue weighted by Crippen LogP contribution is -1.95. The number of fused-ring (bicyclic) bond motifs is 2. The Bertz CT molecular complexity index is 1770. The van der Waals surface area contributed by atoms with E-state index in [2.05, 4.69) is 145 Å². The Hall–Kier alpha value is -5.01. The summed E-state index contributed by atoms with van der Waals surface area (Å²) in [6.07, 6.45) is 3.76. The predicted molar refractivity (Wildman–Crippen MR) is 161 cm³/mol. The molecule has 178 valence electrons. The largest absolute Gasteiger partial charge is 0.265 e. The van der Waals surface area contributed by atoms with E-state index in [-0.39, 0.29) is 0 Å². The highest BCUT2D eigenvalue weighted by atomic mass is 14.6. The van der Waals surface area contributed by atoms with Crippen LogP contribution in [0.25, 0.3) is 66.1 Å². The summed E-state index contributed by atoms with van der Waals surface area (Å²) >= 11 is 0. The van der Waals surface area contributed by atoms with Crippen LogP contribution in [0, 0.1) is 0 Å². The molecule has 38 heavy (non-hydrogen) atoms. The number of hydrogen-bond donors (Lipinski definition) is 0. The van der Waals surface area contributed by atoms with Gasteiger partial charge in [-0.1, -0.05) is 127 Å². The lowest BCUT2D eigenvalue weighted by Gasteiger charge is -2.22. The number of aromatic nitrogens is 1. The molecule has 1 aromatic heterocycles. The molecule has 0 saturated carbocycles. The molecule has 1 heterocycles. The fourth-order valence-corrected chi connectivity index (χ4v) is 5.77. The molecule has 0 unspecified atom stereocenters. The molecular weight excluding hydrogens is 458 g/mol. The zero-order valence-electron chi connectivity index (χ0n) is 20.9. The predicted octanol–water partition coefficient (Wildman–Crippen LogP) is 10.1. The highest BCUT2D eigenvalue weighted by molar-refractivity contribution is 6.23. The molecule has 0 amide bonds. The van der Waals surface area contributed by atoms with Crippen molar-refractivity contribution in [3.05, 3.63) is 152 Å². The summed E-state index contributed by atoms with van der Waals surface area (Å²) in [7, 11) is 0. The molecule has 7 rings (SSSR count). The summed E-state index contributed by atoms with van der Waals surface area (Å²) in [4.78, 5) is 4.29. The van der Waals surface area contributed by atoms with E-state index in [4.69, 9.17) is 0 Å². The first-order valence-corrected chi connectivity index (χ1v) is 13.0. The highest BCUT2D eigenvalue weighted by Crippen LogP contribution is 2.48. The van der Waals surface area contributed by atoms with Crippen molar-refractivity contribution in [2.24, 2.45) is 0 Å². The minimum atomic E-state index is 1.18. The molecule has 0 aliphatic heterocycles. The minimum Gasteiger partial charge on any atom is -0.265 e. The standard InChI is InChI=1S/C37H25N/c1-3-12-26(13-4-1)29-20-11-21-30(27-14-5-2-6-15-27)36(29)37-33-18-9-7-16-31(33)35(28-22-24-38-25-23-28)32-17-8-10-19-34(32)37/h1-25H. The van der Waals surface area contributed by atoms with E-state index in [0.717, 1.165) is 0 Å². The molecule has 0 bridgehead atoms. The van der Waals surface area contributed by atoms with E-state index in [0.29, 0.717) is 0 Å². The van der Waals surface area contributed by atoms with Gasteiger partial charge in [0, 0.05) is 12.4 Å². The van der Waals surface area contributed by atoms with Crippen molar-refractivity contribution in [2.75, 3.05) is 0 Å². The Labute approximate surface area is 222 Å². The van der Waals surface area contributed by atoms with Crippen LogP contribution in [-0.2, 0) is 0 Å². The van der Waals surface area contributed by atoms with Crippen molar-refractivity contribution in [1.82, 2.24) is 4.98 Å². The van der Waals surface area contributed by atoms with E-state index in [9.17, 15) is 0 Å². The fraction of sp³-hybridized carbons (Fsp3) is 0. The third-order valence-corrected chi connectivity index (χ3v) is 7.38. The fourth-order valence-electron chi connectivity index (χ4n) is 5.77. The summed E-state index contributed by atoms with van der Waals surface area (Å²) in [6, 6.07) is 50.1. The first-order valence-electron chi connectivity index (χ1n) is 13.0. The molecule has 1 heteroatoms. The SMILES string of the molecule is c1ccc(-c2cccc(-c3ccccc3)c2-c2c3ccccc3c(-c3ccncc3)c3ccccc23)cc1. The van der Waals surface area contributed by atoms with Gasteiger partial charge in [0.2, 0.25) is 0 Å². The van der Waals surface area contributed by atoms with E-state index >= 15 is 0 Å². The summed E-state index contributed by atoms with van der Waals surface area (Å²) in [5, 5.41) is 4.99. The first-order chi connectivity index (χ1) is 18.9. The van der Waals surface area contributed by atoms with Crippen molar-refractivity contribution in [3.63, 3.8) is 0 Å². The average molecular weight is 484 g/mol. The maximum atomic E-state index is 4.29. The minimum absolute atomic E-state index is 1.18. The van der Waals surface area contributed by atoms with Crippen molar-refractivity contribution >= 4 is 21.5 Å². The van der Waals surface area contributed by atoms with Crippen LogP contribution < -0.4 is 0 Å². The Balaban J connectivity index is 1.69. The van der Waals surface area contributed by atoms with Gasteiger partial charge >= 0.3 is 0 Å². The summed E-state index contributed by atoms with van der Waals surface area (Å²) in [5.74, 6) is 0. The van der Waals surface area contributed by atoms with Crippen LogP contribution in [0.4, 0.5) is 0 Å². The molecule has 0 spiro atoms. The Kier molecular flexibility index (Phi) is 5.53. The number of rotatable bonds is 4. The van der Waals surface area contributed by atoms with Crippen LogP contribution >= 0.6 is 0 Å². The van der Waals surface area contributed by atoms with Crippen LogP contribution in [0.3, 0.4) is 0 Å². The maximum Gasteiger partial charge on any atom is 0.0273 e. The Morgan fingerprint density at radius 2 is 0.711 bits per heavy atom. The van der Waals surface area contributed by atoms with Gasteiger partial charge in [-0.2, -0.15) is 0 Å². The van der Waals surface area contributed by atoms with Gasteiger partial charge in [0.15, 0.2) is 0 Å². The molecule has 0 aliphatic carbocycles. The number of benzene rings is 6. The highest BCUT2D eigenvalue weighted by Gasteiger charge is 2.21. The molecule has 7 aromatic rings. The van der Waals surface area contributed by atoms with Crippen molar-refractivity contribution in [3.8, 4) is 44.5 Å². The third-order valence-electron chi connectivity index (χ3n) is 7.38. The number of nitrogens with zero attached hydrogens (tertiary/aromatic N) is 1. The molecule has 0 N–H and O–H groups in total. The summed E-state index contributed by atoms with van der Waals surface area (Å²) in [5.41, 5.74) is 9.86. The molecule has 0 fully saturated rings. The second-order valence-corrected chi connectivity index (χ2v) is 9.54. The van der Waals surface area contributed by atoms with Gasteiger partial charge in [0.1, 0.15) is 0 Å². The monoisotopic (exact) mass is 483 g/mol. The molecule has 1 nitrogen and oxygen atoms in total. The van der Waals surface area contributed by atoms with E-state index in [1.165, 1.54) is 66.1 Å². The molecule has 0 atom stereocenters. The molecule has 0 aliphatic rings. The van der Waals surface area contributed by atoms with Crippen LogP contribution in [0.15, 0.2) is 152 Å². The second kappa shape index (κ2) is 9.46. The molecular formula is C37H25N. The zero-order valence-corrected chi connectivity index (χ0v) is 20.9. The van der Waals surface area contributed by atoms with Crippen LogP contribution in [-0.4, -0.2) is 4.98 Å². The van der Waals surface area contributed by atoms with Gasteiger partial charge in [0.05, 0.1) is 0 Å². The summed E-state index contributed by atoms with van der Waals surface area (Å²) < 4.78 is 0.